The molecule has 1 N–H and O–H groups in total. The van der Waals surface area contributed by atoms with E-state index in [1.54, 1.807) is 19.1 Å². The number of likely N-dealkylation sites (tertiary alicyclic amines) is 2. The van der Waals surface area contributed by atoms with Crippen molar-refractivity contribution in [3.8, 4) is 0 Å². The fourth-order valence-corrected chi connectivity index (χ4v) is 4.13. The van der Waals surface area contributed by atoms with E-state index in [9.17, 15) is 14.3 Å². The van der Waals surface area contributed by atoms with Crippen molar-refractivity contribution >= 4 is 5.91 Å². The van der Waals surface area contributed by atoms with Crippen molar-refractivity contribution in [1.29, 1.82) is 0 Å². The van der Waals surface area contributed by atoms with E-state index in [2.05, 4.69) is 4.90 Å². The molecule has 4 nitrogen and oxygen atoms in total. The summed E-state index contributed by atoms with van der Waals surface area (Å²) >= 11 is 0. The highest BCUT2D eigenvalue weighted by molar-refractivity contribution is 5.79. The number of hydrogen-bond donors (Lipinski definition) is 1. The Labute approximate surface area is 149 Å². The third-order valence-corrected chi connectivity index (χ3v) is 5.68. The van der Waals surface area contributed by atoms with Crippen LogP contribution in [0, 0.1) is 24.6 Å². The zero-order chi connectivity index (χ0) is 17.8. The van der Waals surface area contributed by atoms with E-state index >= 15 is 0 Å². The summed E-state index contributed by atoms with van der Waals surface area (Å²) in [5.41, 5.74) is 1.42. The summed E-state index contributed by atoms with van der Waals surface area (Å²) in [4.78, 5) is 17.0. The number of piperidine rings is 1. The molecule has 0 aliphatic carbocycles. The lowest BCUT2D eigenvalue weighted by molar-refractivity contribution is -0.129. The molecule has 3 rings (SSSR count). The summed E-state index contributed by atoms with van der Waals surface area (Å²) in [6.45, 7) is 6.46. The van der Waals surface area contributed by atoms with Crippen molar-refractivity contribution in [3.05, 3.63) is 35.1 Å². The van der Waals surface area contributed by atoms with E-state index in [-0.39, 0.29) is 24.2 Å². The van der Waals surface area contributed by atoms with Crippen LogP contribution in [0.5, 0.6) is 0 Å². The van der Waals surface area contributed by atoms with E-state index in [1.165, 1.54) is 25.3 Å². The van der Waals surface area contributed by atoms with Crippen LogP contribution in [0.2, 0.25) is 0 Å². The van der Waals surface area contributed by atoms with Crippen LogP contribution in [-0.4, -0.2) is 60.1 Å². The van der Waals surface area contributed by atoms with Gasteiger partial charge in [-0.15, -0.1) is 0 Å². The van der Waals surface area contributed by atoms with E-state index in [4.69, 9.17) is 0 Å². The standard InChI is InChI=1S/C20H29FN2O2/c1-15-9-16(5-6-19(15)21)10-20(25)23-12-17(18(13-23)14-24)11-22-7-3-2-4-8-22/h5-6,9,17-18,24H,2-4,7-8,10-14H2,1H3/t17-,18-/m1/s1. The van der Waals surface area contributed by atoms with Crippen LogP contribution in [0.4, 0.5) is 4.39 Å². The molecule has 2 saturated heterocycles. The molecular weight excluding hydrogens is 319 g/mol. The van der Waals surface area contributed by atoms with Crippen molar-refractivity contribution in [2.45, 2.75) is 32.6 Å². The molecule has 2 aliphatic rings. The second-order valence-corrected chi connectivity index (χ2v) is 7.62. The Morgan fingerprint density at radius 3 is 2.60 bits per heavy atom. The summed E-state index contributed by atoms with van der Waals surface area (Å²) in [7, 11) is 0. The minimum Gasteiger partial charge on any atom is -0.396 e. The predicted octanol–water partition coefficient (Wildman–Crippen LogP) is 2.23. The van der Waals surface area contributed by atoms with Crippen molar-refractivity contribution in [2.24, 2.45) is 11.8 Å². The van der Waals surface area contributed by atoms with Gasteiger partial charge in [0.05, 0.1) is 6.42 Å². The number of carbonyl (C=O) groups is 1. The quantitative estimate of drug-likeness (QED) is 0.887. The Kier molecular flexibility index (Phi) is 6.07. The number of hydrogen-bond acceptors (Lipinski definition) is 3. The molecule has 2 fully saturated rings. The molecule has 2 heterocycles. The molecule has 0 saturated carbocycles. The first kappa shape index (κ1) is 18.3. The lowest BCUT2D eigenvalue weighted by Gasteiger charge is -2.30. The third kappa shape index (κ3) is 4.59. The van der Waals surface area contributed by atoms with Gasteiger partial charge in [0.15, 0.2) is 0 Å². The van der Waals surface area contributed by atoms with Crippen LogP contribution < -0.4 is 0 Å². The first-order valence-corrected chi connectivity index (χ1v) is 9.43. The zero-order valence-electron chi connectivity index (χ0n) is 15.1. The topological polar surface area (TPSA) is 43.8 Å². The van der Waals surface area contributed by atoms with Gasteiger partial charge in [-0.1, -0.05) is 18.6 Å². The Bertz CT molecular complexity index is 601. The summed E-state index contributed by atoms with van der Waals surface area (Å²) in [5, 5.41) is 9.72. The predicted molar refractivity (Wildman–Crippen MR) is 95.8 cm³/mol. The molecule has 5 heteroatoms. The Hall–Kier alpha value is -1.46. The minimum absolute atomic E-state index is 0.0746. The average Bonchev–Trinajstić information content (AvgIpc) is 3.02. The summed E-state index contributed by atoms with van der Waals surface area (Å²) in [5.74, 6) is 0.354. The molecular formula is C20H29FN2O2. The van der Waals surface area contributed by atoms with Gasteiger partial charge in [0, 0.05) is 32.2 Å². The van der Waals surface area contributed by atoms with Crippen LogP contribution in [0.25, 0.3) is 0 Å². The van der Waals surface area contributed by atoms with Crippen LogP contribution in [0.3, 0.4) is 0 Å². The van der Waals surface area contributed by atoms with Gasteiger partial charge >= 0.3 is 0 Å². The lowest BCUT2D eigenvalue weighted by Crippen LogP contribution is -2.37. The first-order valence-electron chi connectivity index (χ1n) is 9.43. The van der Waals surface area contributed by atoms with Gasteiger partial charge in [-0.3, -0.25) is 4.79 Å². The third-order valence-electron chi connectivity index (χ3n) is 5.68. The fraction of sp³-hybridized carbons (Fsp3) is 0.650. The van der Waals surface area contributed by atoms with Crippen LogP contribution in [0.15, 0.2) is 18.2 Å². The molecule has 1 aromatic carbocycles. The maximum absolute atomic E-state index is 13.4. The minimum atomic E-state index is -0.237. The average molecular weight is 348 g/mol. The summed E-state index contributed by atoms with van der Waals surface area (Å²) < 4.78 is 13.4. The van der Waals surface area contributed by atoms with E-state index < -0.39 is 0 Å². The number of nitrogens with zero attached hydrogens (tertiary/aromatic N) is 2. The lowest BCUT2D eigenvalue weighted by atomic mass is 9.95. The number of halogens is 1. The summed E-state index contributed by atoms with van der Waals surface area (Å²) in [6, 6.07) is 4.86. The Morgan fingerprint density at radius 1 is 1.20 bits per heavy atom. The number of carbonyl (C=O) groups excluding carboxylic acids is 1. The molecule has 1 amide bonds. The molecule has 0 radical (unpaired) electrons. The number of amides is 1. The second-order valence-electron chi connectivity index (χ2n) is 7.62. The first-order chi connectivity index (χ1) is 12.1. The molecule has 1 aromatic rings. The van der Waals surface area contributed by atoms with Crippen molar-refractivity contribution in [3.63, 3.8) is 0 Å². The molecule has 0 unspecified atom stereocenters. The van der Waals surface area contributed by atoms with E-state index in [0.29, 0.717) is 24.4 Å². The SMILES string of the molecule is Cc1cc(CC(=O)N2C[C@@H](CN3CCCCC3)[C@@H](CO)C2)ccc1F. The smallest absolute Gasteiger partial charge is 0.227 e. The highest BCUT2D eigenvalue weighted by atomic mass is 19.1. The van der Waals surface area contributed by atoms with E-state index in [0.717, 1.165) is 31.7 Å². The molecule has 25 heavy (non-hydrogen) atoms. The monoisotopic (exact) mass is 348 g/mol. The highest BCUT2D eigenvalue weighted by Crippen LogP contribution is 2.26. The van der Waals surface area contributed by atoms with Gasteiger partial charge in [0.25, 0.3) is 0 Å². The van der Waals surface area contributed by atoms with Gasteiger partial charge in [0.2, 0.25) is 5.91 Å². The van der Waals surface area contributed by atoms with Crippen LogP contribution in [-0.2, 0) is 11.2 Å². The number of aryl methyl sites for hydroxylation is 1. The molecule has 0 bridgehead atoms. The highest BCUT2D eigenvalue weighted by Gasteiger charge is 2.35. The molecule has 2 atom stereocenters. The summed E-state index contributed by atoms with van der Waals surface area (Å²) in [6.07, 6.45) is 4.12. The number of aliphatic hydroxyl groups is 1. The largest absolute Gasteiger partial charge is 0.396 e. The van der Waals surface area contributed by atoms with Gasteiger partial charge in [-0.05, 0) is 56.0 Å². The van der Waals surface area contributed by atoms with Gasteiger partial charge < -0.3 is 14.9 Å². The van der Waals surface area contributed by atoms with Crippen LogP contribution in [0.1, 0.15) is 30.4 Å². The van der Waals surface area contributed by atoms with Crippen molar-refractivity contribution in [1.82, 2.24) is 9.80 Å². The Balaban J connectivity index is 1.58. The Morgan fingerprint density at radius 2 is 1.92 bits per heavy atom. The maximum Gasteiger partial charge on any atom is 0.227 e. The number of rotatable bonds is 5. The van der Waals surface area contributed by atoms with Crippen molar-refractivity contribution in [2.75, 3.05) is 39.3 Å². The molecule has 2 aliphatic heterocycles. The second kappa shape index (κ2) is 8.28. The number of aliphatic hydroxyl groups excluding tert-OH is 1. The van der Waals surface area contributed by atoms with Crippen LogP contribution >= 0.6 is 0 Å². The zero-order valence-corrected chi connectivity index (χ0v) is 15.1. The molecule has 138 valence electrons. The fourth-order valence-electron chi connectivity index (χ4n) is 4.13. The molecule has 0 aromatic heterocycles. The number of benzene rings is 1. The van der Waals surface area contributed by atoms with Gasteiger partial charge in [0.1, 0.15) is 5.82 Å². The van der Waals surface area contributed by atoms with Gasteiger partial charge in [-0.25, -0.2) is 4.39 Å². The van der Waals surface area contributed by atoms with E-state index in [1.807, 2.05) is 4.90 Å². The maximum atomic E-state index is 13.4. The van der Waals surface area contributed by atoms with Gasteiger partial charge in [-0.2, -0.15) is 0 Å². The van der Waals surface area contributed by atoms with Crippen molar-refractivity contribution < 1.29 is 14.3 Å². The normalized spacial score (nSPS) is 24.7. The molecule has 0 spiro atoms.